The summed E-state index contributed by atoms with van der Waals surface area (Å²) in [6, 6.07) is 7.29. The van der Waals surface area contributed by atoms with Crippen molar-refractivity contribution in [3.8, 4) is 6.07 Å². The van der Waals surface area contributed by atoms with Crippen LogP contribution in [0.3, 0.4) is 0 Å². The van der Waals surface area contributed by atoms with Gasteiger partial charge in [-0.3, -0.25) is 15.6 Å². The van der Waals surface area contributed by atoms with Crippen LogP contribution >= 0.6 is 0 Å². The topological polar surface area (TPSA) is 131 Å². The van der Waals surface area contributed by atoms with Gasteiger partial charge in [0.25, 0.3) is 0 Å². The number of hydrogen-bond donors (Lipinski definition) is 4. The molecule has 1 aliphatic carbocycles. The molecule has 0 saturated heterocycles. The van der Waals surface area contributed by atoms with Crippen LogP contribution in [-0.2, 0) is 6.42 Å². The SMILES string of the molecule is N#C/C(=N\Nc1ccc2c3c([nH]c2c1)C(=O)CCC3)C(=N)N. The molecule has 0 saturated carbocycles. The molecule has 7 heteroatoms. The number of amidine groups is 1. The fourth-order valence-electron chi connectivity index (χ4n) is 2.64. The first-order chi connectivity index (χ1) is 10.6. The summed E-state index contributed by atoms with van der Waals surface area (Å²) in [4.78, 5) is 15.1. The Hall–Kier alpha value is -3.14. The molecule has 0 radical (unpaired) electrons. The van der Waals surface area contributed by atoms with E-state index in [9.17, 15) is 4.79 Å². The number of benzene rings is 1. The Bertz CT molecular complexity index is 855. The summed E-state index contributed by atoms with van der Waals surface area (Å²) in [6.07, 6.45) is 2.36. The maximum atomic E-state index is 11.9. The van der Waals surface area contributed by atoms with Crippen LogP contribution in [0, 0.1) is 16.7 Å². The predicted octanol–water partition coefficient (Wildman–Crippen LogP) is 1.91. The second-order valence-corrected chi connectivity index (χ2v) is 5.11. The number of nitriles is 1. The van der Waals surface area contributed by atoms with Gasteiger partial charge in [0.1, 0.15) is 6.07 Å². The fraction of sp³-hybridized carbons (Fsp3) is 0.200. The number of aryl methyl sites for hydroxylation is 1. The monoisotopic (exact) mass is 294 g/mol. The number of aromatic nitrogens is 1. The zero-order chi connectivity index (χ0) is 15.7. The van der Waals surface area contributed by atoms with E-state index >= 15 is 0 Å². The smallest absolute Gasteiger partial charge is 0.201 e. The third-order valence-corrected chi connectivity index (χ3v) is 3.67. The van der Waals surface area contributed by atoms with Crippen LogP contribution in [-0.4, -0.2) is 22.3 Å². The number of nitrogens with two attached hydrogens (primary N) is 1. The van der Waals surface area contributed by atoms with Gasteiger partial charge in [-0.1, -0.05) is 6.07 Å². The number of Topliss-reactive ketones (excluding diaryl/α,β-unsaturated/α-hetero) is 1. The normalized spacial score (nSPS) is 14.5. The maximum absolute atomic E-state index is 11.9. The highest BCUT2D eigenvalue weighted by atomic mass is 16.1. The van der Waals surface area contributed by atoms with Crippen molar-refractivity contribution in [2.45, 2.75) is 19.3 Å². The van der Waals surface area contributed by atoms with Crippen molar-refractivity contribution in [2.24, 2.45) is 10.8 Å². The Balaban J connectivity index is 1.96. The second-order valence-electron chi connectivity index (χ2n) is 5.11. The van der Waals surface area contributed by atoms with Crippen LogP contribution in [0.1, 0.15) is 28.9 Å². The Morgan fingerprint density at radius 2 is 2.27 bits per heavy atom. The van der Waals surface area contributed by atoms with Gasteiger partial charge in [-0.2, -0.15) is 10.4 Å². The number of nitrogens with one attached hydrogen (secondary N) is 3. The van der Waals surface area contributed by atoms with E-state index < -0.39 is 5.84 Å². The third kappa shape index (κ3) is 2.31. The van der Waals surface area contributed by atoms with Gasteiger partial charge in [0.2, 0.25) is 5.71 Å². The molecule has 110 valence electrons. The Kier molecular flexibility index (Phi) is 3.35. The fourth-order valence-corrected chi connectivity index (χ4v) is 2.64. The number of rotatable bonds is 3. The number of hydrogen-bond acceptors (Lipinski definition) is 5. The highest BCUT2D eigenvalue weighted by Crippen LogP contribution is 2.30. The van der Waals surface area contributed by atoms with Gasteiger partial charge in [0, 0.05) is 17.3 Å². The Labute approximate surface area is 126 Å². The number of H-pyrrole nitrogens is 1. The molecule has 7 nitrogen and oxygen atoms in total. The van der Waals surface area contributed by atoms with Crippen molar-refractivity contribution in [3.63, 3.8) is 0 Å². The van der Waals surface area contributed by atoms with Crippen molar-refractivity contribution >= 4 is 33.9 Å². The Morgan fingerprint density at radius 1 is 1.45 bits per heavy atom. The summed E-state index contributed by atoms with van der Waals surface area (Å²) in [7, 11) is 0. The van der Waals surface area contributed by atoms with Gasteiger partial charge in [-0.15, -0.1) is 0 Å². The molecule has 22 heavy (non-hydrogen) atoms. The molecule has 0 unspecified atom stereocenters. The molecule has 0 aliphatic heterocycles. The van der Waals surface area contributed by atoms with Crippen LogP contribution in [0.5, 0.6) is 0 Å². The standard InChI is InChI=1S/C15H14N6O/c16-7-12(15(17)18)21-20-8-4-5-9-10-2-1-3-13(22)14(10)19-11(9)6-8/h4-6,19-20H,1-3H2,(H3,17,18)/b21-12+. The van der Waals surface area contributed by atoms with Crippen molar-refractivity contribution in [1.82, 2.24) is 4.98 Å². The lowest BCUT2D eigenvalue weighted by Gasteiger charge is -2.09. The molecule has 1 aliphatic rings. The largest absolute Gasteiger partial charge is 0.382 e. The minimum atomic E-state index is -0.392. The highest BCUT2D eigenvalue weighted by Gasteiger charge is 2.21. The molecule has 2 aromatic rings. The molecule has 0 spiro atoms. The van der Waals surface area contributed by atoms with E-state index in [1.54, 1.807) is 6.07 Å². The maximum Gasteiger partial charge on any atom is 0.201 e. The van der Waals surface area contributed by atoms with Crippen LogP contribution < -0.4 is 11.2 Å². The summed E-state index contributed by atoms with van der Waals surface area (Å²) in [5.41, 5.74) is 11.0. The lowest BCUT2D eigenvalue weighted by Crippen LogP contribution is -2.21. The number of nitrogens with zero attached hydrogens (tertiary/aromatic N) is 2. The molecule has 0 atom stereocenters. The van der Waals surface area contributed by atoms with Crippen molar-refractivity contribution in [1.29, 1.82) is 10.7 Å². The van der Waals surface area contributed by atoms with Gasteiger partial charge < -0.3 is 10.7 Å². The minimum Gasteiger partial charge on any atom is -0.382 e. The van der Waals surface area contributed by atoms with Gasteiger partial charge in [-0.05, 0) is 30.5 Å². The molecule has 0 fully saturated rings. The van der Waals surface area contributed by atoms with E-state index in [0.29, 0.717) is 17.8 Å². The van der Waals surface area contributed by atoms with Crippen LogP contribution in [0.25, 0.3) is 10.9 Å². The van der Waals surface area contributed by atoms with Crippen molar-refractivity contribution in [3.05, 3.63) is 29.5 Å². The van der Waals surface area contributed by atoms with Crippen LogP contribution in [0.15, 0.2) is 23.3 Å². The molecule has 5 N–H and O–H groups in total. The van der Waals surface area contributed by atoms with E-state index in [0.717, 1.165) is 29.3 Å². The summed E-state index contributed by atoms with van der Waals surface area (Å²) in [6.45, 7) is 0. The zero-order valence-corrected chi connectivity index (χ0v) is 11.7. The molecule has 1 aromatic heterocycles. The first kappa shape index (κ1) is 13.8. The number of carbonyl (C=O) groups is 1. The van der Waals surface area contributed by atoms with Gasteiger partial charge in [0.15, 0.2) is 11.6 Å². The summed E-state index contributed by atoms with van der Waals surface area (Å²) < 4.78 is 0. The van der Waals surface area contributed by atoms with E-state index in [1.165, 1.54) is 0 Å². The summed E-state index contributed by atoms with van der Waals surface area (Å²) >= 11 is 0. The number of anilines is 1. The van der Waals surface area contributed by atoms with E-state index in [4.69, 9.17) is 16.4 Å². The number of carbonyl (C=O) groups excluding carboxylic acids is 1. The van der Waals surface area contributed by atoms with Crippen molar-refractivity contribution in [2.75, 3.05) is 5.43 Å². The average Bonchev–Trinajstić information content (AvgIpc) is 2.87. The van der Waals surface area contributed by atoms with E-state index in [2.05, 4.69) is 15.5 Å². The van der Waals surface area contributed by atoms with E-state index in [1.807, 2.05) is 18.2 Å². The number of aromatic amines is 1. The minimum absolute atomic E-state index is 0.147. The predicted molar refractivity (Wildman–Crippen MR) is 84.2 cm³/mol. The highest BCUT2D eigenvalue weighted by molar-refractivity contribution is 6.45. The molecule has 0 amide bonds. The molecule has 1 heterocycles. The van der Waals surface area contributed by atoms with Gasteiger partial charge in [0.05, 0.1) is 11.4 Å². The summed E-state index contributed by atoms with van der Waals surface area (Å²) in [5.74, 6) is -0.245. The van der Waals surface area contributed by atoms with Gasteiger partial charge >= 0.3 is 0 Å². The van der Waals surface area contributed by atoms with Crippen LogP contribution in [0.4, 0.5) is 5.69 Å². The van der Waals surface area contributed by atoms with E-state index in [-0.39, 0.29) is 11.5 Å². The van der Waals surface area contributed by atoms with Gasteiger partial charge in [-0.25, -0.2) is 0 Å². The first-order valence-electron chi connectivity index (χ1n) is 6.86. The quantitative estimate of drug-likeness (QED) is 0.391. The number of ketones is 1. The molecule has 3 rings (SSSR count). The Morgan fingerprint density at radius 3 is 3.00 bits per heavy atom. The van der Waals surface area contributed by atoms with Crippen molar-refractivity contribution < 1.29 is 4.79 Å². The second kappa shape index (κ2) is 5.33. The first-order valence-corrected chi connectivity index (χ1v) is 6.86. The average molecular weight is 294 g/mol. The molecular weight excluding hydrogens is 280 g/mol. The lowest BCUT2D eigenvalue weighted by molar-refractivity contribution is 0.0968. The number of hydrazone groups is 1. The summed E-state index contributed by atoms with van der Waals surface area (Å²) in [5, 5.41) is 20.8. The van der Waals surface area contributed by atoms with Crippen LogP contribution in [0.2, 0.25) is 0 Å². The number of fused-ring (bicyclic) bond motifs is 3. The lowest BCUT2D eigenvalue weighted by atomic mass is 9.95. The molecular formula is C15H14N6O. The molecule has 1 aromatic carbocycles. The zero-order valence-electron chi connectivity index (χ0n) is 11.7. The third-order valence-electron chi connectivity index (χ3n) is 3.67. The molecule has 0 bridgehead atoms.